The molecule has 3 N–H and O–H groups in total. The second-order valence-electron chi connectivity index (χ2n) is 14.5. The molecule has 3 aliphatic heterocycles. The third kappa shape index (κ3) is 7.35. The average Bonchev–Trinajstić information content (AvgIpc) is 3.62. The normalized spacial score (nSPS) is 18.9. The van der Waals surface area contributed by atoms with E-state index in [2.05, 4.69) is 15.5 Å². The standard InChI is InChI=1S/C40H40FN7O8S/c1-2-46-32-19-26(8-11-30(32)48(40(46)53)31-12-13-34(49)43-39(31)52)25-14-16-45(17-15-25)21-35(50)42-28-9-10-29-27(18-28)20-33(56-23-24-6-4-3-5-7-24)38(37(29)41)47-22-36(51)44-57(47,54)55/h3-11,18-20,25,31H,2,12-17,21-23H2,1H3,(H,42,50)(H,44,51)(H,43,49,52). The largest absolute Gasteiger partial charge is 0.487 e. The van der Waals surface area contributed by atoms with Gasteiger partial charge in [-0.2, -0.15) is 8.42 Å². The van der Waals surface area contributed by atoms with Gasteiger partial charge in [0.25, 0.3) is 5.91 Å². The zero-order valence-corrected chi connectivity index (χ0v) is 31.8. The van der Waals surface area contributed by atoms with E-state index in [1.165, 1.54) is 22.8 Å². The summed E-state index contributed by atoms with van der Waals surface area (Å²) in [5.41, 5.74) is 2.95. The van der Waals surface area contributed by atoms with E-state index in [0.717, 1.165) is 29.5 Å². The van der Waals surface area contributed by atoms with Crippen molar-refractivity contribution < 1.29 is 36.7 Å². The van der Waals surface area contributed by atoms with Crippen LogP contribution in [0.15, 0.2) is 77.6 Å². The fourth-order valence-corrected chi connectivity index (χ4v) is 9.20. The molecule has 8 rings (SSSR count). The van der Waals surface area contributed by atoms with Crippen LogP contribution in [0.2, 0.25) is 0 Å². The Kier molecular flexibility index (Phi) is 10.0. The minimum atomic E-state index is -4.35. The topological polar surface area (TPSA) is 181 Å². The number of hydrogen-bond acceptors (Lipinski definition) is 9. The molecular weight excluding hydrogens is 758 g/mol. The Hall–Kier alpha value is -6.07. The monoisotopic (exact) mass is 797 g/mol. The molecule has 296 valence electrons. The van der Waals surface area contributed by atoms with E-state index < -0.39 is 40.4 Å². The van der Waals surface area contributed by atoms with Crippen molar-refractivity contribution in [2.75, 3.05) is 35.8 Å². The van der Waals surface area contributed by atoms with Gasteiger partial charge >= 0.3 is 15.9 Å². The lowest BCUT2D eigenvalue weighted by atomic mass is 9.89. The number of fused-ring (bicyclic) bond motifs is 2. The number of aryl methyl sites for hydroxylation is 1. The first-order chi connectivity index (χ1) is 27.4. The van der Waals surface area contributed by atoms with Crippen molar-refractivity contribution >= 4 is 67.0 Å². The van der Waals surface area contributed by atoms with Crippen LogP contribution in [0.3, 0.4) is 0 Å². The number of aromatic nitrogens is 2. The van der Waals surface area contributed by atoms with Gasteiger partial charge in [-0.3, -0.25) is 38.5 Å². The highest BCUT2D eigenvalue weighted by Crippen LogP contribution is 2.40. The van der Waals surface area contributed by atoms with Gasteiger partial charge < -0.3 is 10.1 Å². The Bertz CT molecular complexity index is 2620. The summed E-state index contributed by atoms with van der Waals surface area (Å²) in [5.74, 6) is -2.65. The minimum absolute atomic E-state index is 0.00760. The van der Waals surface area contributed by atoms with Crippen molar-refractivity contribution in [2.24, 2.45) is 0 Å². The molecule has 5 aromatic rings. The number of hydrogen-bond donors (Lipinski definition) is 3. The number of piperidine rings is 2. The van der Waals surface area contributed by atoms with E-state index in [-0.39, 0.29) is 66.2 Å². The van der Waals surface area contributed by atoms with Crippen molar-refractivity contribution in [1.29, 1.82) is 0 Å². The molecule has 4 aromatic carbocycles. The van der Waals surface area contributed by atoms with Gasteiger partial charge in [-0.1, -0.05) is 36.4 Å². The summed E-state index contributed by atoms with van der Waals surface area (Å²) < 4.78 is 53.4. The van der Waals surface area contributed by atoms with Gasteiger partial charge in [-0.25, -0.2) is 18.2 Å². The van der Waals surface area contributed by atoms with Gasteiger partial charge in [0.05, 0.1) is 17.6 Å². The van der Waals surface area contributed by atoms with Gasteiger partial charge in [0, 0.05) is 24.0 Å². The molecule has 0 aliphatic carbocycles. The average molecular weight is 798 g/mol. The number of imidazole rings is 1. The van der Waals surface area contributed by atoms with Crippen LogP contribution in [-0.2, 0) is 42.5 Å². The van der Waals surface area contributed by atoms with Crippen LogP contribution in [0, 0.1) is 5.82 Å². The Balaban J connectivity index is 0.952. The third-order valence-electron chi connectivity index (χ3n) is 10.9. The number of rotatable bonds is 10. The van der Waals surface area contributed by atoms with Crippen LogP contribution >= 0.6 is 0 Å². The van der Waals surface area contributed by atoms with Crippen molar-refractivity contribution in [3.05, 3.63) is 100 Å². The van der Waals surface area contributed by atoms with Gasteiger partial charge in [0.2, 0.25) is 17.7 Å². The van der Waals surface area contributed by atoms with E-state index in [9.17, 15) is 32.4 Å². The molecule has 17 heteroatoms. The number of amides is 4. The number of carbonyl (C=O) groups is 4. The number of imide groups is 1. The molecule has 1 unspecified atom stereocenters. The molecule has 4 amide bonds. The summed E-state index contributed by atoms with van der Waals surface area (Å²) in [6.07, 6.45) is 1.99. The first-order valence-corrected chi connectivity index (χ1v) is 20.2. The lowest BCUT2D eigenvalue weighted by Gasteiger charge is -2.31. The van der Waals surface area contributed by atoms with Gasteiger partial charge in [0.15, 0.2) is 5.82 Å². The molecule has 3 saturated heterocycles. The van der Waals surface area contributed by atoms with Crippen molar-refractivity contribution in [3.8, 4) is 5.75 Å². The number of carbonyl (C=O) groups excluding carboxylic acids is 4. The van der Waals surface area contributed by atoms with Crippen molar-refractivity contribution in [1.82, 2.24) is 24.1 Å². The summed E-state index contributed by atoms with van der Waals surface area (Å²) in [4.78, 5) is 65.2. The van der Waals surface area contributed by atoms with Gasteiger partial charge in [0.1, 0.15) is 30.6 Å². The van der Waals surface area contributed by atoms with E-state index in [1.54, 1.807) is 22.8 Å². The summed E-state index contributed by atoms with van der Waals surface area (Å²) in [5, 5.41) is 5.67. The maximum atomic E-state index is 16.2. The Labute approximate surface area is 326 Å². The molecule has 57 heavy (non-hydrogen) atoms. The first-order valence-electron chi connectivity index (χ1n) is 18.8. The van der Waals surface area contributed by atoms with Gasteiger partial charge in [-0.15, -0.1) is 0 Å². The predicted molar refractivity (Wildman–Crippen MR) is 209 cm³/mol. The van der Waals surface area contributed by atoms with Crippen LogP contribution in [0.4, 0.5) is 15.8 Å². The quantitative estimate of drug-likeness (QED) is 0.178. The summed E-state index contributed by atoms with van der Waals surface area (Å²) in [6.45, 7) is 3.13. The second-order valence-corrected chi connectivity index (χ2v) is 16.1. The Morgan fingerprint density at radius 1 is 0.930 bits per heavy atom. The second kappa shape index (κ2) is 15.1. The van der Waals surface area contributed by atoms with Gasteiger partial charge in [-0.05, 0) is 98.1 Å². The maximum absolute atomic E-state index is 16.2. The molecular formula is C40H40FN7O8S. The van der Waals surface area contributed by atoms with Crippen LogP contribution in [0.5, 0.6) is 5.75 Å². The fourth-order valence-electron chi connectivity index (χ4n) is 8.04. The molecule has 15 nitrogen and oxygen atoms in total. The van der Waals surface area contributed by atoms with E-state index >= 15 is 4.39 Å². The number of benzene rings is 4. The molecule has 1 aromatic heterocycles. The molecule has 4 heterocycles. The SMILES string of the molecule is CCn1c(=O)n(C2CCC(=O)NC2=O)c2ccc(C3CCN(CC(=O)Nc4ccc5c(F)c(N6CC(=O)NS6(=O)=O)c(OCc6ccccc6)cc5c4)CC3)cc21. The number of nitrogens with one attached hydrogen (secondary N) is 3. The number of likely N-dealkylation sites (tertiary alicyclic amines) is 1. The Morgan fingerprint density at radius 2 is 1.70 bits per heavy atom. The molecule has 0 radical (unpaired) electrons. The van der Waals surface area contributed by atoms with Crippen LogP contribution in [0.1, 0.15) is 55.7 Å². The fraction of sp³-hybridized carbons (Fsp3) is 0.325. The zero-order chi connectivity index (χ0) is 40.0. The van der Waals surface area contributed by atoms with Crippen LogP contribution in [-0.4, -0.2) is 72.3 Å². The molecule has 0 saturated carbocycles. The van der Waals surface area contributed by atoms with Crippen molar-refractivity contribution in [3.63, 3.8) is 0 Å². The van der Waals surface area contributed by atoms with Crippen LogP contribution in [0.25, 0.3) is 21.8 Å². The highest BCUT2D eigenvalue weighted by Gasteiger charge is 2.38. The lowest BCUT2D eigenvalue weighted by molar-refractivity contribution is -0.135. The highest BCUT2D eigenvalue weighted by molar-refractivity contribution is 7.92. The minimum Gasteiger partial charge on any atom is -0.487 e. The summed E-state index contributed by atoms with van der Waals surface area (Å²) in [6, 6.07) is 20.3. The third-order valence-corrected chi connectivity index (χ3v) is 12.2. The number of ether oxygens (including phenoxy) is 1. The van der Waals surface area contributed by atoms with E-state index in [0.29, 0.717) is 40.5 Å². The van der Waals surface area contributed by atoms with Crippen LogP contribution < -0.4 is 30.1 Å². The summed E-state index contributed by atoms with van der Waals surface area (Å²) >= 11 is 0. The smallest absolute Gasteiger partial charge is 0.329 e. The maximum Gasteiger partial charge on any atom is 0.329 e. The highest BCUT2D eigenvalue weighted by atomic mass is 32.2. The van der Waals surface area contributed by atoms with E-state index in [4.69, 9.17) is 4.74 Å². The number of halogens is 1. The van der Waals surface area contributed by atoms with Crippen molar-refractivity contribution in [2.45, 2.75) is 57.7 Å². The molecule has 0 spiro atoms. The number of anilines is 2. The zero-order valence-electron chi connectivity index (χ0n) is 31.0. The van der Waals surface area contributed by atoms with E-state index in [1.807, 2.05) is 48.0 Å². The number of nitrogens with zero attached hydrogens (tertiary/aromatic N) is 4. The molecule has 0 bridgehead atoms. The predicted octanol–water partition coefficient (Wildman–Crippen LogP) is 3.67. The summed E-state index contributed by atoms with van der Waals surface area (Å²) in [7, 11) is -4.35. The lowest BCUT2D eigenvalue weighted by Crippen LogP contribution is -2.44. The Morgan fingerprint density at radius 3 is 2.40 bits per heavy atom. The molecule has 1 atom stereocenters. The first kappa shape index (κ1) is 37.8. The molecule has 3 aliphatic rings. The molecule has 3 fully saturated rings.